The van der Waals surface area contributed by atoms with E-state index >= 15 is 0 Å². The number of aromatic nitrogens is 1. The van der Waals surface area contributed by atoms with E-state index in [2.05, 4.69) is 0 Å². The third-order valence-electron chi connectivity index (χ3n) is 5.22. The van der Waals surface area contributed by atoms with E-state index in [1.807, 2.05) is 18.2 Å². The number of sulfone groups is 1. The van der Waals surface area contributed by atoms with Crippen LogP contribution in [0.15, 0.2) is 58.4 Å². The molecule has 0 bridgehead atoms. The highest BCUT2D eigenvalue weighted by Crippen LogP contribution is 2.37. The number of fused-ring (bicyclic) bond motifs is 1. The summed E-state index contributed by atoms with van der Waals surface area (Å²) in [5.41, 5.74) is 1.32. The first-order chi connectivity index (χ1) is 13.8. The Morgan fingerprint density at radius 3 is 2.41 bits per heavy atom. The van der Waals surface area contributed by atoms with Crippen molar-refractivity contribution in [2.24, 2.45) is 7.05 Å². The summed E-state index contributed by atoms with van der Waals surface area (Å²) in [6.45, 7) is 1.29. The van der Waals surface area contributed by atoms with Crippen molar-refractivity contribution < 1.29 is 17.9 Å². The SMILES string of the molecule is Cn1cc(-c2cc(S(C)(=O)=O)ccc2OC2CCOCC2)c2ccccc2c1=O. The van der Waals surface area contributed by atoms with Crippen LogP contribution in [0.3, 0.4) is 0 Å². The quantitative estimate of drug-likeness (QED) is 0.657. The van der Waals surface area contributed by atoms with Crippen LogP contribution < -0.4 is 10.3 Å². The van der Waals surface area contributed by atoms with Gasteiger partial charge in [0.15, 0.2) is 9.84 Å². The van der Waals surface area contributed by atoms with Crippen LogP contribution in [0, 0.1) is 0 Å². The maximum absolute atomic E-state index is 12.6. The van der Waals surface area contributed by atoms with Gasteiger partial charge in [0.25, 0.3) is 5.56 Å². The van der Waals surface area contributed by atoms with Gasteiger partial charge >= 0.3 is 0 Å². The molecule has 0 radical (unpaired) electrons. The van der Waals surface area contributed by atoms with Crippen LogP contribution in [0.25, 0.3) is 21.9 Å². The first kappa shape index (κ1) is 19.7. The molecule has 0 N–H and O–H groups in total. The molecule has 0 unspecified atom stereocenters. The molecule has 0 saturated carbocycles. The summed E-state index contributed by atoms with van der Waals surface area (Å²) in [4.78, 5) is 12.8. The minimum absolute atomic E-state index is 0.00498. The lowest BCUT2D eigenvalue weighted by atomic mass is 9.99. The monoisotopic (exact) mass is 413 g/mol. The highest BCUT2D eigenvalue weighted by atomic mass is 32.2. The minimum atomic E-state index is -3.40. The fourth-order valence-corrected chi connectivity index (χ4v) is 4.30. The Labute approximate surface area is 169 Å². The summed E-state index contributed by atoms with van der Waals surface area (Å²) in [7, 11) is -1.71. The van der Waals surface area contributed by atoms with Crippen molar-refractivity contribution in [3.8, 4) is 16.9 Å². The van der Waals surface area contributed by atoms with Crippen molar-refractivity contribution in [1.29, 1.82) is 0 Å². The Bertz CT molecular complexity index is 1220. The van der Waals surface area contributed by atoms with E-state index in [0.717, 1.165) is 23.8 Å². The second-order valence-electron chi connectivity index (χ2n) is 7.36. The molecule has 152 valence electrons. The van der Waals surface area contributed by atoms with E-state index in [4.69, 9.17) is 9.47 Å². The zero-order valence-electron chi connectivity index (χ0n) is 16.4. The van der Waals surface area contributed by atoms with Crippen molar-refractivity contribution >= 4 is 20.6 Å². The van der Waals surface area contributed by atoms with Crippen LogP contribution in [0.5, 0.6) is 5.75 Å². The van der Waals surface area contributed by atoms with Crippen LogP contribution in [-0.4, -0.2) is 38.6 Å². The summed E-state index contributed by atoms with van der Waals surface area (Å²) in [6.07, 6.45) is 4.49. The van der Waals surface area contributed by atoms with Crippen LogP contribution in [0.1, 0.15) is 12.8 Å². The van der Waals surface area contributed by atoms with E-state index < -0.39 is 9.84 Å². The number of pyridine rings is 1. The molecule has 1 aliphatic rings. The molecule has 0 atom stereocenters. The lowest BCUT2D eigenvalue weighted by molar-refractivity contribution is 0.0258. The molecule has 1 fully saturated rings. The van der Waals surface area contributed by atoms with Gasteiger partial charge in [0.05, 0.1) is 18.1 Å². The summed E-state index contributed by atoms with van der Waals surface area (Å²) in [5, 5.41) is 1.34. The molecule has 1 aliphatic heterocycles. The van der Waals surface area contributed by atoms with E-state index in [1.165, 1.54) is 10.8 Å². The number of ether oxygens (including phenoxy) is 2. The van der Waals surface area contributed by atoms with Crippen LogP contribution >= 0.6 is 0 Å². The number of benzene rings is 2. The lowest BCUT2D eigenvalue weighted by Gasteiger charge is -2.25. The Morgan fingerprint density at radius 1 is 1.03 bits per heavy atom. The number of hydrogen-bond donors (Lipinski definition) is 0. The van der Waals surface area contributed by atoms with E-state index in [-0.39, 0.29) is 16.6 Å². The van der Waals surface area contributed by atoms with Gasteiger partial charge in [-0.15, -0.1) is 0 Å². The van der Waals surface area contributed by atoms with Crippen molar-refractivity contribution in [2.45, 2.75) is 23.8 Å². The zero-order chi connectivity index (χ0) is 20.6. The largest absolute Gasteiger partial charge is 0.490 e. The Hall–Kier alpha value is -2.64. The maximum atomic E-state index is 12.6. The molecule has 4 rings (SSSR count). The predicted molar refractivity (Wildman–Crippen MR) is 112 cm³/mol. The molecule has 0 aliphatic carbocycles. The fraction of sp³-hybridized carbons (Fsp3) is 0.318. The van der Waals surface area contributed by atoms with Crippen LogP contribution in [-0.2, 0) is 21.6 Å². The molecule has 1 saturated heterocycles. The van der Waals surface area contributed by atoms with Crippen molar-refractivity contribution in [3.05, 3.63) is 59.0 Å². The van der Waals surface area contributed by atoms with E-state index in [1.54, 1.807) is 37.5 Å². The first-order valence-electron chi connectivity index (χ1n) is 9.52. The topological polar surface area (TPSA) is 74.6 Å². The molecule has 0 spiro atoms. The Morgan fingerprint density at radius 2 is 1.72 bits per heavy atom. The number of hydrogen-bond acceptors (Lipinski definition) is 5. The molecule has 0 amide bonds. The average molecular weight is 413 g/mol. The highest BCUT2D eigenvalue weighted by Gasteiger charge is 2.21. The van der Waals surface area contributed by atoms with Crippen LogP contribution in [0.4, 0.5) is 0 Å². The molecule has 6 nitrogen and oxygen atoms in total. The molecular weight excluding hydrogens is 390 g/mol. The third kappa shape index (κ3) is 3.93. The average Bonchev–Trinajstić information content (AvgIpc) is 2.71. The molecule has 2 heterocycles. The molecule has 2 aromatic carbocycles. The molecule has 1 aromatic heterocycles. The number of rotatable bonds is 4. The minimum Gasteiger partial charge on any atom is -0.490 e. The molecule has 29 heavy (non-hydrogen) atoms. The number of aryl methyl sites for hydroxylation is 1. The summed E-state index contributed by atoms with van der Waals surface area (Å²) >= 11 is 0. The van der Waals surface area contributed by atoms with Gasteiger partial charge in [-0.2, -0.15) is 0 Å². The van der Waals surface area contributed by atoms with E-state index in [0.29, 0.717) is 29.9 Å². The maximum Gasteiger partial charge on any atom is 0.258 e. The lowest BCUT2D eigenvalue weighted by Crippen LogP contribution is -2.26. The molecule has 3 aromatic rings. The predicted octanol–water partition coefficient (Wildman–Crippen LogP) is 3.17. The normalized spacial score (nSPS) is 15.5. The molecular formula is C22H23NO5S. The second-order valence-corrected chi connectivity index (χ2v) is 9.38. The van der Waals surface area contributed by atoms with Gasteiger partial charge in [-0.3, -0.25) is 4.79 Å². The van der Waals surface area contributed by atoms with Gasteiger partial charge in [0, 0.05) is 48.9 Å². The summed E-state index contributed by atoms with van der Waals surface area (Å²) < 4.78 is 37.6. The summed E-state index contributed by atoms with van der Waals surface area (Å²) in [5.74, 6) is 0.605. The molecule has 7 heteroatoms. The van der Waals surface area contributed by atoms with Gasteiger partial charge in [0.2, 0.25) is 0 Å². The zero-order valence-corrected chi connectivity index (χ0v) is 17.2. The van der Waals surface area contributed by atoms with Crippen LogP contribution in [0.2, 0.25) is 0 Å². The van der Waals surface area contributed by atoms with E-state index in [9.17, 15) is 13.2 Å². The second kappa shape index (κ2) is 7.65. The third-order valence-corrected chi connectivity index (χ3v) is 6.33. The van der Waals surface area contributed by atoms with Crippen molar-refractivity contribution in [2.75, 3.05) is 19.5 Å². The summed E-state index contributed by atoms with van der Waals surface area (Å²) in [6, 6.07) is 12.2. The Balaban J connectivity index is 1.94. The van der Waals surface area contributed by atoms with Crippen molar-refractivity contribution in [3.63, 3.8) is 0 Å². The van der Waals surface area contributed by atoms with Gasteiger partial charge in [-0.25, -0.2) is 8.42 Å². The van der Waals surface area contributed by atoms with Gasteiger partial charge in [-0.05, 0) is 29.7 Å². The standard InChI is InChI=1S/C22H23NO5S/c1-23-14-20(17-5-3-4-6-18(17)22(23)24)19-13-16(29(2,25)26)7-8-21(19)28-15-9-11-27-12-10-15/h3-8,13-15H,9-12H2,1-2H3. The fourth-order valence-electron chi connectivity index (χ4n) is 3.66. The highest BCUT2D eigenvalue weighted by molar-refractivity contribution is 7.90. The Kier molecular flexibility index (Phi) is 5.19. The van der Waals surface area contributed by atoms with Gasteiger partial charge in [-0.1, -0.05) is 18.2 Å². The van der Waals surface area contributed by atoms with Gasteiger partial charge in [0.1, 0.15) is 11.9 Å². The van der Waals surface area contributed by atoms with Gasteiger partial charge < -0.3 is 14.0 Å². The van der Waals surface area contributed by atoms with Crippen molar-refractivity contribution in [1.82, 2.24) is 4.57 Å². The first-order valence-corrected chi connectivity index (χ1v) is 11.4. The number of nitrogens with zero attached hydrogens (tertiary/aromatic N) is 1. The smallest absolute Gasteiger partial charge is 0.258 e.